The van der Waals surface area contributed by atoms with Gasteiger partial charge in [0.05, 0.1) is 5.02 Å². The van der Waals surface area contributed by atoms with Crippen LogP contribution in [0, 0.1) is 5.41 Å². The second-order valence-electron chi connectivity index (χ2n) is 6.16. The lowest BCUT2D eigenvalue weighted by Crippen LogP contribution is -2.31. The molecule has 0 heterocycles. The van der Waals surface area contributed by atoms with Crippen LogP contribution in [-0.2, 0) is 0 Å². The third-order valence-corrected chi connectivity index (χ3v) is 4.34. The molecule has 1 aliphatic rings. The Morgan fingerprint density at radius 2 is 2.21 bits per heavy atom. The molecule has 19 heavy (non-hydrogen) atoms. The number of nitrogens with one attached hydrogen (secondary N) is 1. The fraction of sp³-hybridized carbons (Fsp3) is 0.533. The van der Waals surface area contributed by atoms with Gasteiger partial charge in [0.15, 0.2) is 0 Å². The fourth-order valence-electron chi connectivity index (χ4n) is 2.86. The quantitative estimate of drug-likeness (QED) is 0.814. The van der Waals surface area contributed by atoms with Crippen molar-refractivity contribution in [3.8, 4) is 0 Å². The van der Waals surface area contributed by atoms with Gasteiger partial charge in [-0.15, -0.1) is 0 Å². The molecule has 0 aliphatic heterocycles. The zero-order valence-electron chi connectivity index (χ0n) is 11.5. The zero-order valence-corrected chi connectivity index (χ0v) is 13.1. The SMILES string of the molecule is CC1(C)CCCC(Nc2ccc(C(N)=S)c(Cl)c2)C1. The van der Waals surface area contributed by atoms with Crippen molar-refractivity contribution in [1.29, 1.82) is 0 Å². The highest BCUT2D eigenvalue weighted by Crippen LogP contribution is 2.36. The monoisotopic (exact) mass is 296 g/mol. The van der Waals surface area contributed by atoms with Crippen LogP contribution in [0.5, 0.6) is 0 Å². The molecule has 1 atom stereocenters. The molecule has 1 aliphatic carbocycles. The molecular weight excluding hydrogens is 276 g/mol. The van der Waals surface area contributed by atoms with Gasteiger partial charge >= 0.3 is 0 Å². The first-order valence-electron chi connectivity index (χ1n) is 6.73. The Morgan fingerprint density at radius 3 is 2.79 bits per heavy atom. The highest BCUT2D eigenvalue weighted by molar-refractivity contribution is 7.80. The fourth-order valence-corrected chi connectivity index (χ4v) is 3.38. The molecule has 1 aromatic rings. The van der Waals surface area contributed by atoms with E-state index in [1.807, 2.05) is 18.2 Å². The normalized spacial score (nSPS) is 21.9. The number of hydrogen-bond donors (Lipinski definition) is 2. The Balaban J connectivity index is 2.07. The van der Waals surface area contributed by atoms with Crippen molar-refractivity contribution in [2.45, 2.75) is 45.6 Å². The van der Waals surface area contributed by atoms with Crippen molar-refractivity contribution in [2.75, 3.05) is 5.32 Å². The first kappa shape index (κ1) is 14.6. The Hall–Kier alpha value is -0.800. The average Bonchev–Trinajstić information content (AvgIpc) is 2.27. The first-order chi connectivity index (χ1) is 8.87. The Kier molecular flexibility index (Phi) is 4.36. The Labute approximate surface area is 125 Å². The molecule has 104 valence electrons. The number of benzene rings is 1. The summed E-state index contributed by atoms with van der Waals surface area (Å²) in [6.07, 6.45) is 5.01. The topological polar surface area (TPSA) is 38.0 Å². The molecule has 1 unspecified atom stereocenters. The summed E-state index contributed by atoms with van der Waals surface area (Å²) < 4.78 is 0. The molecule has 1 saturated carbocycles. The van der Waals surface area contributed by atoms with Gasteiger partial charge in [0.1, 0.15) is 4.99 Å². The van der Waals surface area contributed by atoms with Crippen molar-refractivity contribution in [3.63, 3.8) is 0 Å². The van der Waals surface area contributed by atoms with E-state index in [1.54, 1.807) is 0 Å². The van der Waals surface area contributed by atoms with Gasteiger partial charge in [-0.1, -0.05) is 44.1 Å². The number of thiocarbonyl (C=S) groups is 1. The summed E-state index contributed by atoms with van der Waals surface area (Å²) in [7, 11) is 0. The van der Waals surface area contributed by atoms with Crippen LogP contribution in [0.1, 0.15) is 45.1 Å². The van der Waals surface area contributed by atoms with Crippen molar-refractivity contribution in [2.24, 2.45) is 11.1 Å². The van der Waals surface area contributed by atoms with Crippen LogP contribution in [0.25, 0.3) is 0 Å². The standard InChI is InChI=1S/C15H21ClN2S/c1-15(2)7-3-4-11(9-15)18-10-5-6-12(14(17)19)13(16)8-10/h5-6,8,11,18H,3-4,7,9H2,1-2H3,(H2,17,19). The van der Waals surface area contributed by atoms with Gasteiger partial charge in [-0.05, 0) is 42.9 Å². The molecule has 4 heteroatoms. The number of halogens is 1. The minimum Gasteiger partial charge on any atom is -0.389 e. The second kappa shape index (κ2) is 5.68. The Morgan fingerprint density at radius 1 is 1.47 bits per heavy atom. The van der Waals surface area contributed by atoms with E-state index in [1.165, 1.54) is 25.7 Å². The van der Waals surface area contributed by atoms with E-state index in [-0.39, 0.29) is 0 Å². The van der Waals surface area contributed by atoms with Crippen LogP contribution in [0.4, 0.5) is 5.69 Å². The van der Waals surface area contributed by atoms with Crippen LogP contribution in [0.3, 0.4) is 0 Å². The molecule has 3 N–H and O–H groups in total. The lowest BCUT2D eigenvalue weighted by atomic mass is 9.75. The van der Waals surface area contributed by atoms with E-state index in [9.17, 15) is 0 Å². The summed E-state index contributed by atoms with van der Waals surface area (Å²) in [5.41, 5.74) is 7.83. The molecule has 0 aromatic heterocycles. The molecule has 0 radical (unpaired) electrons. The van der Waals surface area contributed by atoms with Gasteiger partial charge in [0.2, 0.25) is 0 Å². The second-order valence-corrected chi connectivity index (χ2v) is 7.01. The van der Waals surface area contributed by atoms with Crippen molar-refractivity contribution in [1.82, 2.24) is 0 Å². The van der Waals surface area contributed by atoms with Gasteiger partial charge in [-0.2, -0.15) is 0 Å². The Bertz CT molecular complexity index is 485. The molecule has 0 spiro atoms. The van der Waals surface area contributed by atoms with Crippen LogP contribution in [-0.4, -0.2) is 11.0 Å². The maximum atomic E-state index is 6.19. The summed E-state index contributed by atoms with van der Waals surface area (Å²) >= 11 is 11.1. The van der Waals surface area contributed by atoms with Gasteiger partial charge in [-0.3, -0.25) is 0 Å². The third kappa shape index (κ3) is 3.83. The minimum absolute atomic E-state index is 0.343. The van der Waals surface area contributed by atoms with E-state index >= 15 is 0 Å². The predicted molar refractivity (Wildman–Crippen MR) is 87.0 cm³/mol. The summed E-state index contributed by atoms with van der Waals surface area (Å²) in [4.78, 5) is 0.343. The predicted octanol–water partition coefficient (Wildman–Crippen LogP) is 4.35. The number of nitrogens with two attached hydrogens (primary N) is 1. The number of anilines is 1. The van der Waals surface area contributed by atoms with Gasteiger partial charge in [0.25, 0.3) is 0 Å². The minimum atomic E-state index is 0.343. The smallest absolute Gasteiger partial charge is 0.105 e. The number of hydrogen-bond acceptors (Lipinski definition) is 2. The van der Waals surface area contributed by atoms with Crippen molar-refractivity contribution in [3.05, 3.63) is 28.8 Å². The summed E-state index contributed by atoms with van der Waals surface area (Å²) in [5, 5.41) is 4.19. The van der Waals surface area contributed by atoms with Gasteiger partial charge < -0.3 is 11.1 Å². The van der Waals surface area contributed by atoms with Crippen molar-refractivity contribution < 1.29 is 0 Å². The van der Waals surface area contributed by atoms with E-state index in [0.29, 0.717) is 21.5 Å². The maximum absolute atomic E-state index is 6.19. The van der Waals surface area contributed by atoms with Crippen LogP contribution >= 0.6 is 23.8 Å². The lowest BCUT2D eigenvalue weighted by molar-refractivity contribution is 0.229. The molecule has 0 amide bonds. The number of rotatable bonds is 3. The molecule has 2 nitrogen and oxygen atoms in total. The molecule has 0 saturated heterocycles. The van der Waals surface area contributed by atoms with Crippen LogP contribution in [0.15, 0.2) is 18.2 Å². The summed E-state index contributed by atoms with van der Waals surface area (Å²) in [6.45, 7) is 4.67. The van der Waals surface area contributed by atoms with E-state index in [0.717, 1.165) is 11.3 Å². The average molecular weight is 297 g/mol. The highest BCUT2D eigenvalue weighted by Gasteiger charge is 2.27. The van der Waals surface area contributed by atoms with Crippen LogP contribution in [0.2, 0.25) is 5.02 Å². The zero-order chi connectivity index (χ0) is 14.0. The molecule has 0 bridgehead atoms. The van der Waals surface area contributed by atoms with E-state index in [4.69, 9.17) is 29.6 Å². The summed E-state index contributed by atoms with van der Waals surface area (Å²) in [6, 6.07) is 6.33. The van der Waals surface area contributed by atoms with E-state index in [2.05, 4.69) is 19.2 Å². The van der Waals surface area contributed by atoms with Gasteiger partial charge in [0, 0.05) is 17.3 Å². The largest absolute Gasteiger partial charge is 0.389 e. The molecule has 1 aromatic carbocycles. The lowest BCUT2D eigenvalue weighted by Gasteiger charge is -2.36. The van der Waals surface area contributed by atoms with E-state index < -0.39 is 0 Å². The third-order valence-electron chi connectivity index (χ3n) is 3.81. The maximum Gasteiger partial charge on any atom is 0.105 e. The van der Waals surface area contributed by atoms with Gasteiger partial charge in [-0.25, -0.2) is 0 Å². The molecule has 1 fully saturated rings. The van der Waals surface area contributed by atoms with Crippen molar-refractivity contribution >= 4 is 34.5 Å². The highest BCUT2D eigenvalue weighted by atomic mass is 35.5. The summed E-state index contributed by atoms with van der Waals surface area (Å²) in [5.74, 6) is 0. The molecular formula is C15H21ClN2S. The molecule has 2 rings (SSSR count). The van der Waals surface area contributed by atoms with Crippen LogP contribution < -0.4 is 11.1 Å². The first-order valence-corrected chi connectivity index (χ1v) is 7.52.